The van der Waals surface area contributed by atoms with Crippen LogP contribution in [0.15, 0.2) is 0 Å². The van der Waals surface area contributed by atoms with Crippen LogP contribution in [0.4, 0.5) is 0 Å². The zero-order valence-electron chi connectivity index (χ0n) is 9.39. The van der Waals surface area contributed by atoms with Gasteiger partial charge in [-0.25, -0.2) is 0 Å². The molecule has 0 radical (unpaired) electrons. The second-order valence-corrected chi connectivity index (χ2v) is 3.20. The molecule has 0 aliphatic heterocycles. The third kappa shape index (κ3) is 6.13. The van der Waals surface area contributed by atoms with E-state index in [4.69, 9.17) is 5.11 Å². The van der Waals surface area contributed by atoms with Crippen LogP contribution < -0.4 is 0 Å². The van der Waals surface area contributed by atoms with Crippen molar-refractivity contribution in [2.45, 2.75) is 19.8 Å². The van der Waals surface area contributed by atoms with Crippen LogP contribution in [0.5, 0.6) is 0 Å². The smallest absolute Gasteiger partial charge is 0.306 e. The number of carbonyl (C=O) groups is 3. The van der Waals surface area contributed by atoms with Gasteiger partial charge in [0.15, 0.2) is 5.78 Å². The van der Waals surface area contributed by atoms with E-state index < -0.39 is 23.6 Å². The number of carboxylic acids is 1. The number of hydrogen-bond donors (Lipinski definition) is 1. The Kier molecular flexibility index (Phi) is 7.11. The topological polar surface area (TPSA) is 89.9 Å². The third-order valence-electron chi connectivity index (χ3n) is 1.88. The highest BCUT2D eigenvalue weighted by Gasteiger charge is 2.24. The molecule has 0 bridgehead atoms. The van der Waals surface area contributed by atoms with Crippen molar-refractivity contribution in [2.24, 2.45) is 5.92 Å². The zero-order chi connectivity index (χ0) is 12.6. The molecule has 1 N–H and O–H groups in total. The first-order valence-electron chi connectivity index (χ1n) is 4.90. The average Bonchev–Trinajstić information content (AvgIpc) is 2.16. The molecule has 16 heavy (non-hydrogen) atoms. The molecule has 0 aliphatic rings. The quantitative estimate of drug-likeness (QED) is 0.603. The van der Waals surface area contributed by atoms with Crippen LogP contribution in [0, 0.1) is 5.92 Å². The lowest BCUT2D eigenvalue weighted by atomic mass is 9.97. The molecule has 0 fully saturated rings. The molecule has 0 saturated carbocycles. The van der Waals surface area contributed by atoms with Crippen molar-refractivity contribution >= 4 is 17.7 Å². The van der Waals surface area contributed by atoms with Crippen LogP contribution in [0.1, 0.15) is 19.8 Å². The first kappa shape index (κ1) is 14.6. The second kappa shape index (κ2) is 7.81. The number of rotatable bonds is 8. The molecule has 0 spiro atoms. The van der Waals surface area contributed by atoms with Gasteiger partial charge >= 0.3 is 11.9 Å². The predicted octanol–water partition coefficient (Wildman–Crippen LogP) is 0.246. The Hall–Kier alpha value is -1.43. The second-order valence-electron chi connectivity index (χ2n) is 3.20. The molecule has 0 aromatic rings. The fourth-order valence-corrected chi connectivity index (χ4v) is 1.19. The molecule has 0 rings (SSSR count). The number of carbonyl (C=O) groups excluding carboxylic acids is 2. The van der Waals surface area contributed by atoms with E-state index in [1.165, 1.54) is 7.11 Å². The number of esters is 1. The van der Waals surface area contributed by atoms with Gasteiger partial charge in [-0.15, -0.1) is 0 Å². The minimum Gasteiger partial charge on any atom is -0.481 e. The number of methoxy groups -OCH3 is 1. The molecule has 92 valence electrons. The average molecular weight is 232 g/mol. The predicted molar refractivity (Wildman–Crippen MR) is 53.9 cm³/mol. The number of Topliss-reactive ketones (excluding diaryl/α,β-unsaturated/α-hetero) is 1. The van der Waals surface area contributed by atoms with E-state index >= 15 is 0 Å². The Morgan fingerprint density at radius 1 is 1.25 bits per heavy atom. The lowest BCUT2D eigenvalue weighted by Gasteiger charge is -2.12. The molecule has 0 saturated heterocycles. The van der Waals surface area contributed by atoms with Gasteiger partial charge in [0.1, 0.15) is 6.61 Å². The molecule has 0 heterocycles. The number of ether oxygens (including phenoxy) is 2. The maximum absolute atomic E-state index is 11.4. The summed E-state index contributed by atoms with van der Waals surface area (Å²) in [6, 6.07) is 0. The fourth-order valence-electron chi connectivity index (χ4n) is 1.19. The van der Waals surface area contributed by atoms with Crippen LogP contribution in [0.3, 0.4) is 0 Å². The summed E-state index contributed by atoms with van der Waals surface area (Å²) in [6.07, 6.45) is -0.608. The summed E-state index contributed by atoms with van der Waals surface area (Å²) < 4.78 is 9.27. The number of hydrogen-bond acceptors (Lipinski definition) is 5. The maximum atomic E-state index is 11.4. The Labute approximate surface area is 93.5 Å². The van der Waals surface area contributed by atoms with E-state index in [1.807, 2.05) is 0 Å². The van der Waals surface area contributed by atoms with E-state index in [0.717, 1.165) is 0 Å². The van der Waals surface area contributed by atoms with Gasteiger partial charge in [-0.3, -0.25) is 14.4 Å². The minimum absolute atomic E-state index is 0.197. The summed E-state index contributed by atoms with van der Waals surface area (Å²) >= 11 is 0. The molecule has 6 nitrogen and oxygen atoms in total. The molecular weight excluding hydrogens is 216 g/mol. The molecule has 0 aromatic heterocycles. The third-order valence-corrected chi connectivity index (χ3v) is 1.88. The van der Waals surface area contributed by atoms with Gasteiger partial charge in [-0.2, -0.15) is 0 Å². The minimum atomic E-state index is -1.13. The number of aliphatic carboxylic acids is 1. The summed E-state index contributed by atoms with van der Waals surface area (Å²) in [7, 11) is 1.33. The fraction of sp³-hybridized carbons (Fsp3) is 0.700. The molecule has 1 atom stereocenters. The monoisotopic (exact) mass is 232 g/mol. The van der Waals surface area contributed by atoms with Crippen molar-refractivity contribution in [3.63, 3.8) is 0 Å². The van der Waals surface area contributed by atoms with Crippen LogP contribution >= 0.6 is 0 Å². The SMILES string of the molecule is CCOC(=O)CC(CC(=O)O)C(=O)COC. The Balaban J connectivity index is 4.36. The molecule has 6 heteroatoms. The first-order valence-corrected chi connectivity index (χ1v) is 4.90. The van der Waals surface area contributed by atoms with Gasteiger partial charge in [0, 0.05) is 13.0 Å². The van der Waals surface area contributed by atoms with E-state index in [1.54, 1.807) is 6.92 Å². The van der Waals surface area contributed by atoms with Crippen molar-refractivity contribution in [3.8, 4) is 0 Å². The lowest BCUT2D eigenvalue weighted by Crippen LogP contribution is -2.25. The summed E-state index contributed by atoms with van der Waals surface area (Å²) in [6.45, 7) is 1.65. The van der Waals surface area contributed by atoms with E-state index in [2.05, 4.69) is 9.47 Å². The molecular formula is C10H16O6. The van der Waals surface area contributed by atoms with Gasteiger partial charge in [-0.1, -0.05) is 0 Å². The van der Waals surface area contributed by atoms with Gasteiger partial charge < -0.3 is 14.6 Å². The van der Waals surface area contributed by atoms with Crippen LogP contribution in [-0.2, 0) is 23.9 Å². The first-order chi connectivity index (χ1) is 7.51. The lowest BCUT2D eigenvalue weighted by molar-refractivity contribution is -0.148. The molecule has 0 aliphatic carbocycles. The highest BCUT2D eigenvalue weighted by molar-refractivity contribution is 5.89. The van der Waals surface area contributed by atoms with Gasteiger partial charge in [0.05, 0.1) is 19.4 Å². The van der Waals surface area contributed by atoms with Crippen LogP contribution in [0.2, 0.25) is 0 Å². The number of ketones is 1. The summed E-state index contributed by atoms with van der Waals surface area (Å²) in [5, 5.41) is 8.60. The zero-order valence-corrected chi connectivity index (χ0v) is 9.39. The molecule has 0 aromatic carbocycles. The van der Waals surface area contributed by atoms with Gasteiger partial charge in [0.25, 0.3) is 0 Å². The highest BCUT2D eigenvalue weighted by atomic mass is 16.5. The van der Waals surface area contributed by atoms with Crippen molar-refractivity contribution < 1.29 is 29.0 Å². The van der Waals surface area contributed by atoms with Crippen molar-refractivity contribution in [1.82, 2.24) is 0 Å². The number of carboxylic acid groups (broad SMARTS) is 1. The summed E-state index contributed by atoms with van der Waals surface area (Å²) in [4.78, 5) is 33.1. The molecule has 0 amide bonds. The van der Waals surface area contributed by atoms with Crippen molar-refractivity contribution in [2.75, 3.05) is 20.3 Å². The van der Waals surface area contributed by atoms with Gasteiger partial charge in [0.2, 0.25) is 0 Å². The maximum Gasteiger partial charge on any atom is 0.306 e. The Bertz CT molecular complexity index is 260. The summed E-state index contributed by atoms with van der Waals surface area (Å²) in [5.74, 6) is -2.98. The Morgan fingerprint density at radius 2 is 1.88 bits per heavy atom. The van der Waals surface area contributed by atoms with Crippen molar-refractivity contribution in [1.29, 1.82) is 0 Å². The van der Waals surface area contributed by atoms with Crippen molar-refractivity contribution in [3.05, 3.63) is 0 Å². The van der Waals surface area contributed by atoms with Gasteiger partial charge in [-0.05, 0) is 6.92 Å². The van der Waals surface area contributed by atoms with E-state index in [-0.39, 0.29) is 26.1 Å². The Morgan fingerprint density at radius 3 is 2.31 bits per heavy atom. The van der Waals surface area contributed by atoms with Crippen LogP contribution in [0.25, 0.3) is 0 Å². The van der Waals surface area contributed by atoms with E-state index in [9.17, 15) is 14.4 Å². The van der Waals surface area contributed by atoms with Crippen LogP contribution in [-0.4, -0.2) is 43.2 Å². The van der Waals surface area contributed by atoms with E-state index in [0.29, 0.717) is 0 Å². The summed E-state index contributed by atoms with van der Waals surface area (Å²) in [5.41, 5.74) is 0. The standard InChI is InChI=1S/C10H16O6/c1-3-16-10(14)5-7(4-9(12)13)8(11)6-15-2/h7H,3-6H2,1-2H3,(H,12,13). The highest BCUT2D eigenvalue weighted by Crippen LogP contribution is 2.11. The molecule has 1 unspecified atom stereocenters. The largest absolute Gasteiger partial charge is 0.481 e. The normalized spacial score (nSPS) is 11.9.